The molecule has 0 radical (unpaired) electrons. The molecule has 0 saturated heterocycles. The van der Waals surface area contributed by atoms with Gasteiger partial charge in [0.15, 0.2) is 5.58 Å². The Morgan fingerprint density at radius 3 is 2.95 bits per heavy atom. The molecular formula is C15H13N5O2. The van der Waals surface area contributed by atoms with E-state index in [0.29, 0.717) is 24.4 Å². The fourth-order valence-corrected chi connectivity index (χ4v) is 2.46. The molecule has 4 rings (SSSR count). The van der Waals surface area contributed by atoms with E-state index in [0.717, 1.165) is 22.6 Å². The van der Waals surface area contributed by atoms with Gasteiger partial charge in [-0.15, -0.1) is 0 Å². The summed E-state index contributed by atoms with van der Waals surface area (Å²) in [5.41, 5.74) is 5.75. The van der Waals surface area contributed by atoms with Gasteiger partial charge in [-0.25, -0.2) is 10.4 Å². The van der Waals surface area contributed by atoms with Crippen molar-refractivity contribution in [3.63, 3.8) is 0 Å². The number of nitrogens with zero attached hydrogens (tertiary/aromatic N) is 4. The topological polar surface area (TPSA) is 85.3 Å². The molecule has 3 heterocycles. The van der Waals surface area contributed by atoms with Gasteiger partial charge in [-0.05, 0) is 25.1 Å². The molecule has 0 atom stereocenters. The fraction of sp³-hybridized carbons (Fsp3) is 0.200. The standard InChI is InChI=1S/C15H13N5O2/c1-9-16-6-7-20(9)15-17-12-8-10(2-4-13(12)22-15)11-3-5-14(21)19-18-11/h2,4,6-8H,3,5H2,1H3,(H,19,21). The highest BCUT2D eigenvalue weighted by Gasteiger charge is 2.15. The minimum Gasteiger partial charge on any atom is -0.423 e. The van der Waals surface area contributed by atoms with E-state index in [9.17, 15) is 4.79 Å². The number of amides is 1. The Kier molecular flexibility index (Phi) is 2.78. The van der Waals surface area contributed by atoms with Crippen LogP contribution in [0.5, 0.6) is 0 Å². The average Bonchev–Trinajstić information content (AvgIpc) is 3.12. The van der Waals surface area contributed by atoms with E-state index in [-0.39, 0.29) is 5.91 Å². The molecule has 0 spiro atoms. The first-order valence-electron chi connectivity index (χ1n) is 6.97. The van der Waals surface area contributed by atoms with Crippen LogP contribution in [-0.4, -0.2) is 26.2 Å². The number of aromatic nitrogens is 3. The van der Waals surface area contributed by atoms with Crippen molar-refractivity contribution >= 4 is 22.7 Å². The van der Waals surface area contributed by atoms with Gasteiger partial charge in [0.05, 0.1) is 5.71 Å². The van der Waals surface area contributed by atoms with Crippen molar-refractivity contribution in [3.8, 4) is 6.01 Å². The van der Waals surface area contributed by atoms with E-state index < -0.39 is 0 Å². The molecule has 0 aliphatic carbocycles. The Labute approximate surface area is 125 Å². The van der Waals surface area contributed by atoms with E-state index in [1.807, 2.05) is 31.3 Å². The molecule has 0 saturated carbocycles. The van der Waals surface area contributed by atoms with E-state index in [1.165, 1.54) is 0 Å². The molecule has 1 aromatic carbocycles. The van der Waals surface area contributed by atoms with Gasteiger partial charge in [0.1, 0.15) is 11.3 Å². The molecule has 1 amide bonds. The molecule has 0 bridgehead atoms. The number of hydrogen-bond donors (Lipinski definition) is 1. The lowest BCUT2D eigenvalue weighted by molar-refractivity contribution is -0.121. The molecular weight excluding hydrogens is 282 g/mol. The summed E-state index contributed by atoms with van der Waals surface area (Å²) in [6, 6.07) is 6.20. The highest BCUT2D eigenvalue weighted by atomic mass is 16.4. The van der Waals surface area contributed by atoms with Gasteiger partial charge in [-0.2, -0.15) is 10.1 Å². The smallest absolute Gasteiger partial charge is 0.308 e. The summed E-state index contributed by atoms with van der Waals surface area (Å²) >= 11 is 0. The Balaban J connectivity index is 1.75. The van der Waals surface area contributed by atoms with Crippen molar-refractivity contribution in [2.24, 2.45) is 5.10 Å². The maximum Gasteiger partial charge on any atom is 0.308 e. The predicted molar refractivity (Wildman–Crippen MR) is 79.8 cm³/mol. The monoisotopic (exact) mass is 295 g/mol. The van der Waals surface area contributed by atoms with Crippen LogP contribution in [0.15, 0.2) is 40.1 Å². The predicted octanol–water partition coefficient (Wildman–Crippen LogP) is 1.94. The quantitative estimate of drug-likeness (QED) is 0.783. The van der Waals surface area contributed by atoms with Crippen molar-refractivity contribution in [1.29, 1.82) is 0 Å². The molecule has 3 aromatic rings. The second kappa shape index (κ2) is 4.80. The number of benzene rings is 1. The first kappa shape index (κ1) is 12.8. The number of aryl methyl sites for hydroxylation is 1. The maximum atomic E-state index is 11.2. The third-order valence-electron chi connectivity index (χ3n) is 3.65. The van der Waals surface area contributed by atoms with Crippen LogP contribution in [0.3, 0.4) is 0 Å². The van der Waals surface area contributed by atoms with Crippen LogP contribution in [-0.2, 0) is 4.79 Å². The van der Waals surface area contributed by atoms with Gasteiger partial charge in [-0.3, -0.25) is 9.36 Å². The summed E-state index contributed by atoms with van der Waals surface area (Å²) in [7, 11) is 0. The van der Waals surface area contributed by atoms with E-state index in [1.54, 1.807) is 10.8 Å². The zero-order valence-corrected chi connectivity index (χ0v) is 11.9. The number of nitrogens with one attached hydrogen (secondary N) is 1. The SMILES string of the molecule is Cc1nccn1-c1nc2cc(C3=NNC(=O)CC3)ccc2o1. The average molecular weight is 295 g/mol. The number of carbonyl (C=O) groups excluding carboxylic acids is 1. The maximum absolute atomic E-state index is 11.2. The molecule has 22 heavy (non-hydrogen) atoms. The fourth-order valence-electron chi connectivity index (χ4n) is 2.46. The molecule has 0 fully saturated rings. The lowest BCUT2D eigenvalue weighted by Gasteiger charge is -2.11. The van der Waals surface area contributed by atoms with Gasteiger partial charge >= 0.3 is 6.01 Å². The Bertz CT molecular complexity index is 906. The number of hydrogen-bond acceptors (Lipinski definition) is 5. The molecule has 1 aliphatic rings. The first-order chi connectivity index (χ1) is 10.7. The zero-order chi connectivity index (χ0) is 15.1. The molecule has 0 unspecified atom stereocenters. The summed E-state index contributed by atoms with van der Waals surface area (Å²) in [4.78, 5) is 19.8. The number of hydrazone groups is 1. The number of imidazole rings is 1. The summed E-state index contributed by atoms with van der Waals surface area (Å²) < 4.78 is 7.54. The molecule has 2 aromatic heterocycles. The molecule has 7 nitrogen and oxygen atoms in total. The van der Waals surface area contributed by atoms with Crippen molar-refractivity contribution in [3.05, 3.63) is 42.0 Å². The molecule has 110 valence electrons. The highest BCUT2D eigenvalue weighted by Crippen LogP contribution is 2.22. The number of carbonyl (C=O) groups is 1. The van der Waals surface area contributed by atoms with Crippen molar-refractivity contribution in [2.75, 3.05) is 0 Å². The van der Waals surface area contributed by atoms with Crippen LogP contribution in [0.25, 0.3) is 17.1 Å². The second-order valence-corrected chi connectivity index (χ2v) is 5.12. The third-order valence-corrected chi connectivity index (χ3v) is 3.65. The zero-order valence-electron chi connectivity index (χ0n) is 11.9. The van der Waals surface area contributed by atoms with E-state index >= 15 is 0 Å². The minimum absolute atomic E-state index is 0.0517. The Morgan fingerprint density at radius 2 is 2.23 bits per heavy atom. The van der Waals surface area contributed by atoms with Gasteiger partial charge in [-0.1, -0.05) is 0 Å². The summed E-state index contributed by atoms with van der Waals surface area (Å²) in [6.07, 6.45) is 4.59. The van der Waals surface area contributed by atoms with E-state index in [4.69, 9.17) is 4.42 Å². The highest BCUT2D eigenvalue weighted by molar-refractivity contribution is 6.05. The van der Waals surface area contributed by atoms with Crippen molar-refractivity contribution in [1.82, 2.24) is 20.0 Å². The summed E-state index contributed by atoms with van der Waals surface area (Å²) in [6.45, 7) is 1.89. The molecule has 1 aliphatic heterocycles. The third kappa shape index (κ3) is 2.07. The van der Waals surface area contributed by atoms with Gasteiger partial charge in [0.25, 0.3) is 0 Å². The van der Waals surface area contributed by atoms with Crippen molar-refractivity contribution < 1.29 is 9.21 Å². The Hall–Kier alpha value is -2.96. The van der Waals surface area contributed by atoms with Gasteiger partial charge < -0.3 is 4.42 Å². The van der Waals surface area contributed by atoms with Crippen LogP contribution in [0.1, 0.15) is 24.2 Å². The Morgan fingerprint density at radius 1 is 1.32 bits per heavy atom. The van der Waals surface area contributed by atoms with Crippen LogP contribution in [0, 0.1) is 6.92 Å². The van der Waals surface area contributed by atoms with Crippen molar-refractivity contribution in [2.45, 2.75) is 19.8 Å². The summed E-state index contributed by atoms with van der Waals surface area (Å²) in [5.74, 6) is 0.760. The summed E-state index contributed by atoms with van der Waals surface area (Å²) in [5, 5.41) is 4.10. The lowest BCUT2D eigenvalue weighted by atomic mass is 10.0. The minimum atomic E-state index is -0.0517. The first-order valence-corrected chi connectivity index (χ1v) is 6.97. The largest absolute Gasteiger partial charge is 0.423 e. The van der Waals surface area contributed by atoms with Crippen LogP contribution in [0.4, 0.5) is 0 Å². The van der Waals surface area contributed by atoms with Crippen LogP contribution >= 0.6 is 0 Å². The number of rotatable bonds is 2. The molecule has 1 N–H and O–H groups in total. The number of fused-ring (bicyclic) bond motifs is 1. The number of oxazole rings is 1. The van der Waals surface area contributed by atoms with Gasteiger partial charge in [0.2, 0.25) is 5.91 Å². The second-order valence-electron chi connectivity index (χ2n) is 5.12. The van der Waals surface area contributed by atoms with E-state index in [2.05, 4.69) is 20.5 Å². The normalized spacial score (nSPS) is 15.0. The lowest BCUT2D eigenvalue weighted by Crippen LogP contribution is -2.25. The van der Waals surface area contributed by atoms with Gasteiger partial charge in [0, 0.05) is 30.8 Å². The van der Waals surface area contributed by atoms with Crippen LogP contribution in [0.2, 0.25) is 0 Å². The van der Waals surface area contributed by atoms with Crippen LogP contribution < -0.4 is 5.43 Å². The molecule has 7 heteroatoms.